The zero-order chi connectivity index (χ0) is 21.8. The Morgan fingerprint density at radius 2 is 1.42 bits per heavy atom. The van der Waals surface area contributed by atoms with E-state index in [1.807, 2.05) is 25.1 Å². The molecule has 3 aromatic carbocycles. The van der Waals surface area contributed by atoms with E-state index in [9.17, 15) is 4.79 Å². The monoisotopic (exact) mass is 416 g/mol. The van der Waals surface area contributed by atoms with E-state index in [0.717, 1.165) is 36.8 Å². The lowest BCUT2D eigenvalue weighted by molar-refractivity contribution is -0.140. The molecule has 1 aliphatic heterocycles. The summed E-state index contributed by atoms with van der Waals surface area (Å²) in [4.78, 5) is 12.1. The van der Waals surface area contributed by atoms with Crippen molar-refractivity contribution in [2.45, 2.75) is 52.4 Å². The Balaban J connectivity index is 1.46. The summed E-state index contributed by atoms with van der Waals surface area (Å²) in [7, 11) is 0. The summed E-state index contributed by atoms with van der Waals surface area (Å²) in [5, 5.41) is 0. The van der Waals surface area contributed by atoms with E-state index in [1.165, 1.54) is 16.7 Å². The van der Waals surface area contributed by atoms with Crippen LogP contribution in [0.1, 0.15) is 48.9 Å². The molecule has 0 aliphatic carbocycles. The highest BCUT2D eigenvalue weighted by atomic mass is 19.1. The van der Waals surface area contributed by atoms with Crippen LogP contribution in [0.5, 0.6) is 5.75 Å². The molecule has 3 aromatic rings. The van der Waals surface area contributed by atoms with E-state index in [0.29, 0.717) is 18.4 Å². The molecule has 0 saturated carbocycles. The minimum Gasteiger partial charge on any atom is -0.423 e. The fourth-order valence-electron chi connectivity index (χ4n) is 4.23. The summed E-state index contributed by atoms with van der Waals surface area (Å²) in [6.45, 7) is 4.15. The molecule has 0 aromatic heterocycles. The summed E-state index contributed by atoms with van der Waals surface area (Å²) >= 11 is 0. The molecule has 1 atom stereocenters. The molecule has 3 heteroatoms. The van der Waals surface area contributed by atoms with Gasteiger partial charge >= 0.3 is 5.97 Å². The molecule has 0 fully saturated rings. The summed E-state index contributed by atoms with van der Waals surface area (Å²) in [5.74, 6) is -0.855. The van der Waals surface area contributed by atoms with Crippen LogP contribution in [0.3, 0.4) is 0 Å². The van der Waals surface area contributed by atoms with Crippen molar-refractivity contribution in [3.8, 4) is 16.9 Å². The second-order valence-electron chi connectivity index (χ2n) is 8.41. The molecule has 0 radical (unpaired) electrons. The Hall–Kier alpha value is -2.94. The third kappa shape index (κ3) is 4.71. The van der Waals surface area contributed by atoms with E-state index < -0.39 is 5.82 Å². The van der Waals surface area contributed by atoms with E-state index in [1.54, 1.807) is 6.07 Å². The van der Waals surface area contributed by atoms with Gasteiger partial charge in [-0.2, -0.15) is 0 Å². The van der Waals surface area contributed by atoms with Crippen molar-refractivity contribution in [3.05, 3.63) is 88.7 Å². The second kappa shape index (κ2) is 9.47. The van der Waals surface area contributed by atoms with Crippen LogP contribution in [0.15, 0.2) is 60.7 Å². The molecule has 31 heavy (non-hydrogen) atoms. The first-order valence-electron chi connectivity index (χ1n) is 11.3. The molecule has 0 saturated heterocycles. The number of aryl methyl sites for hydroxylation is 3. The number of esters is 1. The van der Waals surface area contributed by atoms with Gasteiger partial charge in [-0.15, -0.1) is 0 Å². The number of ether oxygens (including phenoxy) is 1. The van der Waals surface area contributed by atoms with E-state index in [2.05, 4.69) is 43.3 Å². The number of carbonyl (C=O) groups is 1. The number of hydrogen-bond acceptors (Lipinski definition) is 2. The van der Waals surface area contributed by atoms with Crippen LogP contribution in [-0.2, 0) is 30.5 Å². The minimum atomic E-state index is -0.444. The summed E-state index contributed by atoms with van der Waals surface area (Å²) in [6, 6.07) is 20.6. The van der Waals surface area contributed by atoms with Gasteiger partial charge < -0.3 is 4.74 Å². The average Bonchev–Trinajstić information content (AvgIpc) is 2.80. The first-order valence-corrected chi connectivity index (χ1v) is 11.3. The summed E-state index contributed by atoms with van der Waals surface area (Å²) in [6.07, 6.45) is 5.45. The molecule has 2 nitrogen and oxygen atoms in total. The standard InChI is InChI=1S/C28H29FO2/c1-3-5-19-6-8-20(9-7-19)10-11-21-12-14-23(15-13-21)25-17-16-24-18-22(4-2)28(30)31-27(24)26(25)29/h6-9,12-17,22H,3-5,10-11,18H2,1-2H3. The van der Waals surface area contributed by atoms with Gasteiger partial charge in [0.05, 0.1) is 5.92 Å². The number of rotatable bonds is 7. The zero-order valence-electron chi connectivity index (χ0n) is 18.3. The highest BCUT2D eigenvalue weighted by Gasteiger charge is 2.30. The van der Waals surface area contributed by atoms with Crippen LogP contribution >= 0.6 is 0 Å². The van der Waals surface area contributed by atoms with Crippen molar-refractivity contribution in [3.63, 3.8) is 0 Å². The zero-order valence-corrected chi connectivity index (χ0v) is 18.3. The minimum absolute atomic E-state index is 0.0998. The van der Waals surface area contributed by atoms with Gasteiger partial charge in [-0.1, -0.05) is 80.9 Å². The SMILES string of the molecule is CCCc1ccc(CCc2ccc(-c3ccc4c(c3F)OC(=O)C(CC)C4)cc2)cc1. The molecular weight excluding hydrogens is 387 g/mol. The quantitative estimate of drug-likeness (QED) is 0.316. The van der Waals surface area contributed by atoms with E-state index in [4.69, 9.17) is 4.74 Å². The number of benzene rings is 3. The molecule has 4 rings (SSSR count). The second-order valence-corrected chi connectivity index (χ2v) is 8.41. The fourth-order valence-corrected chi connectivity index (χ4v) is 4.23. The first kappa shape index (κ1) is 21.3. The summed E-state index contributed by atoms with van der Waals surface area (Å²) < 4.78 is 20.5. The first-order chi connectivity index (χ1) is 15.1. The van der Waals surface area contributed by atoms with Crippen LogP contribution in [0.25, 0.3) is 11.1 Å². The van der Waals surface area contributed by atoms with Crippen molar-refractivity contribution in [2.75, 3.05) is 0 Å². The Morgan fingerprint density at radius 1 is 0.839 bits per heavy atom. The molecule has 1 aliphatic rings. The molecule has 0 bridgehead atoms. The normalized spacial score (nSPS) is 15.5. The maximum absolute atomic E-state index is 15.1. The van der Waals surface area contributed by atoms with Gasteiger partial charge in [-0.25, -0.2) is 4.39 Å². The van der Waals surface area contributed by atoms with Crippen LogP contribution < -0.4 is 4.74 Å². The topological polar surface area (TPSA) is 26.3 Å². The maximum Gasteiger partial charge on any atom is 0.314 e. The van der Waals surface area contributed by atoms with Crippen molar-refractivity contribution in [1.29, 1.82) is 0 Å². The molecule has 0 N–H and O–H groups in total. The number of hydrogen-bond donors (Lipinski definition) is 0. The van der Waals surface area contributed by atoms with Crippen molar-refractivity contribution < 1.29 is 13.9 Å². The predicted octanol–water partition coefficient (Wildman–Crippen LogP) is 6.72. The van der Waals surface area contributed by atoms with Gasteiger partial charge in [0.1, 0.15) is 0 Å². The largest absolute Gasteiger partial charge is 0.423 e. The lowest BCUT2D eigenvalue weighted by atomic mass is 9.91. The van der Waals surface area contributed by atoms with Gasteiger partial charge in [0, 0.05) is 5.56 Å². The van der Waals surface area contributed by atoms with E-state index in [-0.39, 0.29) is 17.6 Å². The Morgan fingerprint density at radius 3 is 2.00 bits per heavy atom. The van der Waals surface area contributed by atoms with Gasteiger partial charge in [0.25, 0.3) is 0 Å². The molecular formula is C28H29FO2. The lowest BCUT2D eigenvalue weighted by Gasteiger charge is -2.23. The smallest absolute Gasteiger partial charge is 0.314 e. The lowest BCUT2D eigenvalue weighted by Crippen LogP contribution is -2.27. The highest BCUT2D eigenvalue weighted by Crippen LogP contribution is 2.37. The number of carbonyl (C=O) groups excluding carboxylic acids is 1. The van der Waals surface area contributed by atoms with Crippen molar-refractivity contribution >= 4 is 5.97 Å². The fraction of sp³-hybridized carbons (Fsp3) is 0.321. The third-order valence-electron chi connectivity index (χ3n) is 6.20. The summed E-state index contributed by atoms with van der Waals surface area (Å²) in [5.41, 5.74) is 5.97. The molecule has 1 heterocycles. The molecule has 0 amide bonds. The average molecular weight is 417 g/mol. The Kier molecular flexibility index (Phi) is 6.50. The number of halogens is 1. The van der Waals surface area contributed by atoms with Crippen LogP contribution in [0.2, 0.25) is 0 Å². The van der Waals surface area contributed by atoms with Crippen LogP contribution in [-0.4, -0.2) is 5.97 Å². The van der Waals surface area contributed by atoms with Crippen LogP contribution in [0.4, 0.5) is 4.39 Å². The van der Waals surface area contributed by atoms with Gasteiger partial charge in [0.2, 0.25) is 0 Å². The molecule has 0 spiro atoms. The maximum atomic E-state index is 15.1. The van der Waals surface area contributed by atoms with Gasteiger partial charge in [0.15, 0.2) is 11.6 Å². The van der Waals surface area contributed by atoms with Crippen molar-refractivity contribution in [2.24, 2.45) is 5.92 Å². The van der Waals surface area contributed by atoms with Crippen LogP contribution in [0, 0.1) is 11.7 Å². The Labute approximate surface area is 184 Å². The van der Waals surface area contributed by atoms with Gasteiger partial charge in [-0.3, -0.25) is 4.79 Å². The van der Waals surface area contributed by atoms with Crippen molar-refractivity contribution in [1.82, 2.24) is 0 Å². The Bertz CT molecular complexity index is 1050. The van der Waals surface area contributed by atoms with E-state index >= 15 is 4.39 Å². The molecule has 160 valence electrons. The van der Waals surface area contributed by atoms with Gasteiger partial charge in [-0.05, 0) is 59.9 Å². The molecule has 1 unspecified atom stereocenters. The number of fused-ring (bicyclic) bond motifs is 1. The highest BCUT2D eigenvalue weighted by molar-refractivity contribution is 5.79. The third-order valence-corrected chi connectivity index (χ3v) is 6.20. The predicted molar refractivity (Wildman–Crippen MR) is 123 cm³/mol.